The number of carbonyl (C=O) groups excluding carboxylic acids is 1. The van der Waals surface area contributed by atoms with Gasteiger partial charge >= 0.3 is 0 Å². The fourth-order valence-corrected chi connectivity index (χ4v) is 4.75. The van der Waals surface area contributed by atoms with Crippen molar-refractivity contribution in [3.63, 3.8) is 0 Å². The monoisotopic (exact) mass is 381 g/mol. The summed E-state index contributed by atoms with van der Waals surface area (Å²) in [5.74, 6) is 0.834. The fraction of sp³-hybridized carbons (Fsp3) is 0.333. The van der Waals surface area contributed by atoms with Crippen molar-refractivity contribution in [2.24, 2.45) is 0 Å². The number of ether oxygens (including phenoxy) is 1. The van der Waals surface area contributed by atoms with Crippen molar-refractivity contribution in [3.05, 3.63) is 59.1 Å². The second kappa shape index (κ2) is 8.06. The van der Waals surface area contributed by atoms with Crippen molar-refractivity contribution < 1.29 is 9.53 Å². The Balaban J connectivity index is 1.39. The van der Waals surface area contributed by atoms with E-state index in [0.29, 0.717) is 13.1 Å². The zero-order chi connectivity index (χ0) is 18.6. The molecule has 1 saturated heterocycles. The number of hydrogen-bond donors (Lipinski definition) is 1. The van der Waals surface area contributed by atoms with Gasteiger partial charge in [-0.3, -0.25) is 9.69 Å². The first-order valence-electron chi connectivity index (χ1n) is 9.22. The quantitative estimate of drug-likeness (QED) is 0.706. The number of hydrogen-bond acceptors (Lipinski definition) is 5. The second-order valence-corrected chi connectivity index (χ2v) is 7.80. The Hall–Kier alpha value is -2.44. The van der Waals surface area contributed by atoms with Crippen LogP contribution in [0.5, 0.6) is 5.75 Å². The number of aromatic nitrogens is 1. The number of benzene rings is 2. The van der Waals surface area contributed by atoms with Gasteiger partial charge in [-0.25, -0.2) is 4.98 Å². The molecular formula is C21H23N3O2S. The third-order valence-corrected chi connectivity index (χ3v) is 6.11. The maximum absolute atomic E-state index is 12.5. The summed E-state index contributed by atoms with van der Waals surface area (Å²) in [5, 5.41) is 4.14. The Labute approximate surface area is 163 Å². The predicted octanol–water partition coefficient (Wildman–Crippen LogP) is 3.76. The number of methoxy groups -OCH3 is 1. The summed E-state index contributed by atoms with van der Waals surface area (Å²) >= 11 is 1.74. The Morgan fingerprint density at radius 2 is 2.07 bits per heavy atom. The van der Waals surface area contributed by atoms with Crippen molar-refractivity contribution in [1.29, 1.82) is 0 Å². The molecule has 140 valence electrons. The molecular weight excluding hydrogens is 358 g/mol. The number of carbonyl (C=O) groups is 1. The summed E-state index contributed by atoms with van der Waals surface area (Å²) in [6.45, 7) is 1.81. The smallest absolute Gasteiger partial charge is 0.234 e. The van der Waals surface area contributed by atoms with Gasteiger partial charge in [0.15, 0.2) is 0 Å². The van der Waals surface area contributed by atoms with Gasteiger partial charge in [-0.15, -0.1) is 11.3 Å². The van der Waals surface area contributed by atoms with Crippen molar-refractivity contribution in [1.82, 2.24) is 15.2 Å². The van der Waals surface area contributed by atoms with Crippen LogP contribution in [0.2, 0.25) is 0 Å². The maximum Gasteiger partial charge on any atom is 0.234 e. The Morgan fingerprint density at radius 3 is 2.93 bits per heavy atom. The molecule has 1 aromatic heterocycles. The van der Waals surface area contributed by atoms with Crippen LogP contribution in [0.1, 0.15) is 29.5 Å². The molecule has 2 heterocycles. The largest absolute Gasteiger partial charge is 0.496 e. The van der Waals surface area contributed by atoms with Gasteiger partial charge in [0.1, 0.15) is 10.8 Å². The van der Waals surface area contributed by atoms with E-state index in [-0.39, 0.29) is 11.9 Å². The molecule has 5 nitrogen and oxygen atoms in total. The van der Waals surface area contributed by atoms with Crippen molar-refractivity contribution >= 4 is 27.5 Å². The van der Waals surface area contributed by atoms with Gasteiger partial charge in [0, 0.05) is 12.1 Å². The third kappa shape index (κ3) is 3.96. The molecule has 6 heteroatoms. The van der Waals surface area contributed by atoms with Crippen LogP contribution in [0.15, 0.2) is 48.5 Å². The number of para-hydroxylation sites is 2. The summed E-state index contributed by atoms with van der Waals surface area (Å²) in [5.41, 5.74) is 2.03. The van der Waals surface area contributed by atoms with Crippen LogP contribution in [0, 0.1) is 0 Å². The predicted molar refractivity (Wildman–Crippen MR) is 108 cm³/mol. The Kier molecular flexibility index (Phi) is 5.36. The van der Waals surface area contributed by atoms with E-state index in [9.17, 15) is 4.79 Å². The van der Waals surface area contributed by atoms with Crippen LogP contribution in [0.3, 0.4) is 0 Å². The van der Waals surface area contributed by atoms with Crippen LogP contribution in [-0.2, 0) is 11.3 Å². The molecule has 2 aromatic carbocycles. The molecule has 0 radical (unpaired) electrons. The Morgan fingerprint density at radius 1 is 1.26 bits per heavy atom. The van der Waals surface area contributed by atoms with E-state index in [1.165, 1.54) is 4.70 Å². The average molecular weight is 382 g/mol. The van der Waals surface area contributed by atoms with Crippen LogP contribution in [-0.4, -0.2) is 36.0 Å². The highest BCUT2D eigenvalue weighted by atomic mass is 32.1. The van der Waals surface area contributed by atoms with Gasteiger partial charge < -0.3 is 10.1 Å². The van der Waals surface area contributed by atoms with E-state index in [2.05, 4.69) is 22.3 Å². The van der Waals surface area contributed by atoms with Gasteiger partial charge in [-0.05, 0) is 37.6 Å². The Bertz CT molecular complexity index is 907. The van der Waals surface area contributed by atoms with E-state index >= 15 is 0 Å². The minimum atomic E-state index is 0.0360. The number of rotatable bonds is 6. The molecule has 1 unspecified atom stereocenters. The average Bonchev–Trinajstić information content (AvgIpc) is 3.32. The van der Waals surface area contributed by atoms with Gasteiger partial charge in [0.2, 0.25) is 5.91 Å². The van der Waals surface area contributed by atoms with Gasteiger partial charge in [0.05, 0.1) is 29.9 Å². The van der Waals surface area contributed by atoms with E-state index < -0.39 is 0 Å². The van der Waals surface area contributed by atoms with E-state index in [4.69, 9.17) is 9.72 Å². The molecule has 0 saturated carbocycles. The van der Waals surface area contributed by atoms with Crippen LogP contribution in [0.4, 0.5) is 0 Å². The molecule has 1 atom stereocenters. The molecule has 1 N–H and O–H groups in total. The molecule has 1 aliphatic heterocycles. The van der Waals surface area contributed by atoms with Crippen molar-refractivity contribution in [3.8, 4) is 5.75 Å². The number of amides is 1. The highest BCUT2D eigenvalue weighted by Gasteiger charge is 2.30. The third-order valence-electron chi connectivity index (χ3n) is 4.97. The first-order valence-corrected chi connectivity index (χ1v) is 10.0. The lowest BCUT2D eigenvalue weighted by Gasteiger charge is -2.22. The van der Waals surface area contributed by atoms with Crippen molar-refractivity contribution in [2.75, 3.05) is 20.2 Å². The van der Waals surface area contributed by atoms with Gasteiger partial charge in [0.25, 0.3) is 0 Å². The summed E-state index contributed by atoms with van der Waals surface area (Å²) in [4.78, 5) is 19.6. The van der Waals surface area contributed by atoms with Gasteiger partial charge in [-0.2, -0.15) is 0 Å². The molecule has 0 spiro atoms. The fourth-order valence-electron chi connectivity index (χ4n) is 3.61. The lowest BCUT2D eigenvalue weighted by Crippen LogP contribution is -2.36. The summed E-state index contributed by atoms with van der Waals surface area (Å²) in [6, 6.07) is 16.2. The highest BCUT2D eigenvalue weighted by Crippen LogP contribution is 2.36. The first-order chi connectivity index (χ1) is 13.2. The minimum absolute atomic E-state index is 0.0360. The standard InChI is InChI=1S/C21H23N3O2S/c1-26-18-10-4-2-7-15(18)13-22-20(25)14-24-12-6-9-17(24)21-23-16-8-3-5-11-19(16)27-21/h2-5,7-8,10-11,17H,6,9,12-14H2,1H3,(H,22,25). The lowest BCUT2D eigenvalue weighted by atomic mass is 10.2. The van der Waals surface area contributed by atoms with Gasteiger partial charge in [-0.1, -0.05) is 30.3 Å². The molecule has 27 heavy (non-hydrogen) atoms. The highest BCUT2D eigenvalue weighted by molar-refractivity contribution is 7.18. The zero-order valence-corrected chi connectivity index (χ0v) is 16.2. The lowest BCUT2D eigenvalue weighted by molar-refractivity contribution is -0.122. The minimum Gasteiger partial charge on any atom is -0.496 e. The topological polar surface area (TPSA) is 54.5 Å². The summed E-state index contributed by atoms with van der Waals surface area (Å²) in [6.07, 6.45) is 2.15. The van der Waals surface area contributed by atoms with Crippen LogP contribution >= 0.6 is 11.3 Å². The van der Waals surface area contributed by atoms with Crippen LogP contribution < -0.4 is 10.1 Å². The number of nitrogens with one attached hydrogen (secondary N) is 1. The summed E-state index contributed by atoms with van der Waals surface area (Å²) in [7, 11) is 1.65. The molecule has 3 aromatic rings. The normalized spacial score (nSPS) is 17.3. The number of nitrogens with zero attached hydrogens (tertiary/aromatic N) is 2. The number of thiazole rings is 1. The first kappa shape index (κ1) is 17.9. The molecule has 0 aliphatic carbocycles. The molecule has 4 rings (SSSR count). The molecule has 1 amide bonds. The van der Waals surface area contributed by atoms with E-state index in [0.717, 1.165) is 41.2 Å². The summed E-state index contributed by atoms with van der Waals surface area (Å²) < 4.78 is 6.55. The number of fused-ring (bicyclic) bond motifs is 1. The SMILES string of the molecule is COc1ccccc1CNC(=O)CN1CCCC1c1nc2ccccc2s1. The number of likely N-dealkylation sites (tertiary alicyclic amines) is 1. The maximum atomic E-state index is 12.5. The van der Waals surface area contributed by atoms with Crippen molar-refractivity contribution in [2.45, 2.75) is 25.4 Å². The van der Waals surface area contributed by atoms with E-state index in [1.807, 2.05) is 36.4 Å². The van der Waals surface area contributed by atoms with Crippen LogP contribution in [0.25, 0.3) is 10.2 Å². The molecule has 0 bridgehead atoms. The zero-order valence-electron chi connectivity index (χ0n) is 15.4. The van der Waals surface area contributed by atoms with E-state index in [1.54, 1.807) is 18.4 Å². The molecule has 1 fully saturated rings. The molecule has 1 aliphatic rings. The second-order valence-electron chi connectivity index (χ2n) is 6.74.